The largest absolute Gasteiger partial charge is 0.370 e. The molecule has 0 aromatic carbocycles. The quantitative estimate of drug-likeness (QED) is 0.469. The van der Waals surface area contributed by atoms with E-state index in [0.29, 0.717) is 6.10 Å². The summed E-state index contributed by atoms with van der Waals surface area (Å²) in [4.78, 5) is 0. The third kappa shape index (κ3) is 0.920. The zero-order valence-electron chi connectivity index (χ0n) is 5.48. The molecule has 0 fully saturated rings. The van der Waals surface area contributed by atoms with Gasteiger partial charge in [-0.1, -0.05) is 13.0 Å². The maximum absolute atomic E-state index is 5.32. The second-order valence-electron chi connectivity index (χ2n) is 2.18. The van der Waals surface area contributed by atoms with Crippen molar-refractivity contribution in [2.45, 2.75) is 26.4 Å². The van der Waals surface area contributed by atoms with Crippen LogP contribution in [0.1, 0.15) is 20.3 Å². The summed E-state index contributed by atoms with van der Waals surface area (Å²) in [5.41, 5.74) is 1.40. The topological polar surface area (TPSA) is 9.23 Å². The smallest absolute Gasteiger partial charge is 0.0784 e. The van der Waals surface area contributed by atoms with E-state index in [-0.39, 0.29) is 0 Å². The Morgan fingerprint density at radius 3 is 2.88 bits per heavy atom. The SMILES string of the molecule is CCC1OCC=C1C. The molecule has 0 spiro atoms. The van der Waals surface area contributed by atoms with Crippen LogP contribution in [0, 0.1) is 0 Å². The van der Waals surface area contributed by atoms with Gasteiger partial charge in [-0.15, -0.1) is 0 Å². The molecule has 0 saturated heterocycles. The molecular formula is C7H12O. The van der Waals surface area contributed by atoms with Crippen LogP contribution in [-0.2, 0) is 4.74 Å². The summed E-state index contributed by atoms with van der Waals surface area (Å²) in [6.45, 7) is 5.10. The lowest BCUT2D eigenvalue weighted by molar-refractivity contribution is 0.119. The molecule has 0 bridgehead atoms. The molecule has 1 aliphatic heterocycles. The molecule has 1 heteroatoms. The van der Waals surface area contributed by atoms with Crippen molar-refractivity contribution in [1.29, 1.82) is 0 Å². The van der Waals surface area contributed by atoms with Gasteiger partial charge in [0.05, 0.1) is 12.7 Å². The first kappa shape index (κ1) is 5.83. The average molecular weight is 112 g/mol. The highest BCUT2D eigenvalue weighted by Crippen LogP contribution is 2.15. The fraction of sp³-hybridized carbons (Fsp3) is 0.714. The summed E-state index contributed by atoms with van der Waals surface area (Å²) in [5.74, 6) is 0. The first-order valence-electron chi connectivity index (χ1n) is 3.13. The molecular weight excluding hydrogens is 100 g/mol. The molecule has 1 rings (SSSR count). The maximum atomic E-state index is 5.32. The second kappa shape index (κ2) is 2.31. The highest BCUT2D eigenvalue weighted by molar-refractivity contribution is 5.09. The van der Waals surface area contributed by atoms with Gasteiger partial charge >= 0.3 is 0 Å². The van der Waals surface area contributed by atoms with Gasteiger partial charge < -0.3 is 4.74 Å². The molecule has 1 heterocycles. The molecule has 1 atom stereocenters. The van der Waals surface area contributed by atoms with Gasteiger partial charge in [-0.3, -0.25) is 0 Å². The van der Waals surface area contributed by atoms with Gasteiger partial charge in [0.1, 0.15) is 0 Å². The van der Waals surface area contributed by atoms with Crippen molar-refractivity contribution in [3.8, 4) is 0 Å². The Balaban J connectivity index is 2.46. The molecule has 0 N–H and O–H groups in total. The number of rotatable bonds is 1. The summed E-state index contributed by atoms with van der Waals surface area (Å²) in [7, 11) is 0. The van der Waals surface area contributed by atoms with E-state index in [1.807, 2.05) is 0 Å². The van der Waals surface area contributed by atoms with Crippen LogP contribution in [0.3, 0.4) is 0 Å². The van der Waals surface area contributed by atoms with Crippen molar-refractivity contribution in [1.82, 2.24) is 0 Å². The van der Waals surface area contributed by atoms with Crippen molar-refractivity contribution in [2.75, 3.05) is 6.61 Å². The van der Waals surface area contributed by atoms with Gasteiger partial charge in [-0.25, -0.2) is 0 Å². The Bertz CT molecular complexity index is 105. The molecule has 0 radical (unpaired) electrons. The second-order valence-corrected chi connectivity index (χ2v) is 2.18. The average Bonchev–Trinajstić information content (AvgIpc) is 2.14. The maximum Gasteiger partial charge on any atom is 0.0784 e. The lowest BCUT2D eigenvalue weighted by Gasteiger charge is -2.06. The van der Waals surface area contributed by atoms with Crippen molar-refractivity contribution in [3.63, 3.8) is 0 Å². The van der Waals surface area contributed by atoms with Crippen LogP contribution in [-0.4, -0.2) is 12.7 Å². The first-order chi connectivity index (χ1) is 3.84. The van der Waals surface area contributed by atoms with Crippen molar-refractivity contribution in [2.24, 2.45) is 0 Å². The normalized spacial score (nSPS) is 28.2. The van der Waals surface area contributed by atoms with E-state index in [1.54, 1.807) is 0 Å². The van der Waals surface area contributed by atoms with Crippen molar-refractivity contribution < 1.29 is 4.74 Å². The molecule has 0 saturated carbocycles. The number of hydrogen-bond acceptors (Lipinski definition) is 1. The van der Waals surface area contributed by atoms with Gasteiger partial charge in [0.25, 0.3) is 0 Å². The van der Waals surface area contributed by atoms with E-state index < -0.39 is 0 Å². The van der Waals surface area contributed by atoms with Crippen LogP contribution in [0.15, 0.2) is 11.6 Å². The fourth-order valence-corrected chi connectivity index (χ4v) is 0.998. The summed E-state index contributed by atoms with van der Waals surface area (Å²) in [6, 6.07) is 0. The van der Waals surface area contributed by atoms with E-state index in [2.05, 4.69) is 19.9 Å². The summed E-state index contributed by atoms with van der Waals surface area (Å²) < 4.78 is 5.32. The van der Waals surface area contributed by atoms with Gasteiger partial charge in [-0.05, 0) is 18.9 Å². The Labute approximate surface area is 50.3 Å². The third-order valence-electron chi connectivity index (χ3n) is 1.58. The van der Waals surface area contributed by atoms with Crippen LogP contribution < -0.4 is 0 Å². The van der Waals surface area contributed by atoms with Crippen LogP contribution in [0.2, 0.25) is 0 Å². The summed E-state index contributed by atoms with van der Waals surface area (Å²) >= 11 is 0. The van der Waals surface area contributed by atoms with Crippen LogP contribution >= 0.6 is 0 Å². The van der Waals surface area contributed by atoms with Gasteiger partial charge in [0.15, 0.2) is 0 Å². The summed E-state index contributed by atoms with van der Waals surface area (Å²) in [6.07, 6.45) is 3.69. The number of ether oxygens (including phenoxy) is 1. The highest BCUT2D eigenvalue weighted by atomic mass is 16.5. The lowest BCUT2D eigenvalue weighted by Crippen LogP contribution is -2.05. The first-order valence-corrected chi connectivity index (χ1v) is 3.13. The predicted molar refractivity (Wildman–Crippen MR) is 33.8 cm³/mol. The van der Waals surface area contributed by atoms with Gasteiger partial charge in [0.2, 0.25) is 0 Å². The standard InChI is InChI=1S/C7H12O/c1-3-7-6(2)4-5-8-7/h4,7H,3,5H2,1-2H3. The van der Waals surface area contributed by atoms with Crippen LogP contribution in [0.5, 0.6) is 0 Å². The van der Waals surface area contributed by atoms with Gasteiger partial charge in [-0.2, -0.15) is 0 Å². The van der Waals surface area contributed by atoms with Crippen LogP contribution in [0.4, 0.5) is 0 Å². The lowest BCUT2D eigenvalue weighted by atomic mass is 10.1. The zero-order valence-corrected chi connectivity index (χ0v) is 5.48. The Morgan fingerprint density at radius 1 is 1.88 bits per heavy atom. The highest BCUT2D eigenvalue weighted by Gasteiger charge is 2.12. The van der Waals surface area contributed by atoms with E-state index in [9.17, 15) is 0 Å². The molecule has 1 aliphatic rings. The van der Waals surface area contributed by atoms with E-state index in [0.717, 1.165) is 13.0 Å². The molecule has 0 aliphatic carbocycles. The minimum absolute atomic E-state index is 0.426. The molecule has 46 valence electrons. The zero-order chi connectivity index (χ0) is 5.98. The van der Waals surface area contributed by atoms with E-state index in [4.69, 9.17) is 4.74 Å². The van der Waals surface area contributed by atoms with Crippen molar-refractivity contribution >= 4 is 0 Å². The predicted octanol–water partition coefficient (Wildman–Crippen LogP) is 1.74. The molecule has 0 aromatic rings. The number of hydrogen-bond donors (Lipinski definition) is 0. The van der Waals surface area contributed by atoms with Gasteiger partial charge in [0, 0.05) is 0 Å². The fourth-order valence-electron chi connectivity index (χ4n) is 0.998. The Kier molecular flexibility index (Phi) is 1.69. The Morgan fingerprint density at radius 2 is 2.62 bits per heavy atom. The van der Waals surface area contributed by atoms with E-state index in [1.165, 1.54) is 5.57 Å². The molecule has 0 amide bonds. The van der Waals surface area contributed by atoms with Crippen molar-refractivity contribution in [3.05, 3.63) is 11.6 Å². The monoisotopic (exact) mass is 112 g/mol. The minimum atomic E-state index is 0.426. The molecule has 0 aromatic heterocycles. The molecule has 8 heavy (non-hydrogen) atoms. The van der Waals surface area contributed by atoms with E-state index >= 15 is 0 Å². The molecule has 1 nitrogen and oxygen atoms in total. The van der Waals surface area contributed by atoms with Crippen LogP contribution in [0.25, 0.3) is 0 Å². The molecule has 1 unspecified atom stereocenters. The summed E-state index contributed by atoms with van der Waals surface area (Å²) in [5, 5.41) is 0. The minimum Gasteiger partial charge on any atom is -0.370 e. The Hall–Kier alpha value is -0.300. The third-order valence-corrected chi connectivity index (χ3v) is 1.58.